The van der Waals surface area contributed by atoms with Gasteiger partial charge in [-0.1, -0.05) is 84.9 Å². The standard InChI is InChI=1S/C38H21N3OS/c1-2-10-23-19-24(18-17-22(23)9-1)35-37-36(27-13-4-7-15-32(27)42-37)40-38(39-35)41-30-14-6-3-11-25(30)28-20-29-26-12-5-8-16-33(26)43-34(29)21-31(28)41/h1-21H. The Bertz CT molecular complexity index is 2750. The van der Waals surface area contributed by atoms with Crippen molar-refractivity contribution >= 4 is 86.2 Å². The van der Waals surface area contributed by atoms with Gasteiger partial charge >= 0.3 is 0 Å². The summed E-state index contributed by atoms with van der Waals surface area (Å²) in [6.45, 7) is 0. The van der Waals surface area contributed by atoms with Crippen LogP contribution in [0.15, 0.2) is 132 Å². The molecule has 6 aromatic carbocycles. The molecule has 0 aliphatic heterocycles. The van der Waals surface area contributed by atoms with Crippen molar-refractivity contribution in [3.8, 4) is 17.2 Å². The van der Waals surface area contributed by atoms with E-state index in [9.17, 15) is 0 Å². The number of hydrogen-bond donors (Lipinski definition) is 0. The van der Waals surface area contributed by atoms with E-state index in [4.69, 9.17) is 14.4 Å². The number of thiophene rings is 1. The van der Waals surface area contributed by atoms with Crippen LogP contribution in [0.5, 0.6) is 0 Å². The molecule has 4 aromatic heterocycles. The highest BCUT2D eigenvalue weighted by Gasteiger charge is 2.22. The fourth-order valence-corrected chi connectivity index (χ4v) is 7.74. The summed E-state index contributed by atoms with van der Waals surface area (Å²) in [5.74, 6) is 0.633. The molecule has 0 spiro atoms. The molecule has 10 rings (SSSR count). The average Bonchev–Trinajstić information content (AvgIpc) is 3.72. The molecule has 0 saturated heterocycles. The lowest BCUT2D eigenvalue weighted by Crippen LogP contribution is -2.02. The second-order valence-corrected chi connectivity index (χ2v) is 12.1. The molecule has 0 saturated carbocycles. The van der Waals surface area contributed by atoms with Crippen molar-refractivity contribution < 1.29 is 4.42 Å². The number of rotatable bonds is 2. The van der Waals surface area contributed by atoms with Crippen molar-refractivity contribution in [1.82, 2.24) is 14.5 Å². The minimum atomic E-state index is 0.633. The fourth-order valence-electron chi connectivity index (χ4n) is 6.61. The summed E-state index contributed by atoms with van der Waals surface area (Å²) in [5, 5.41) is 8.29. The van der Waals surface area contributed by atoms with E-state index in [0.717, 1.165) is 44.2 Å². The third-order valence-corrected chi connectivity index (χ3v) is 9.74. The van der Waals surface area contributed by atoms with Gasteiger partial charge in [-0.3, -0.25) is 4.57 Å². The number of nitrogens with zero attached hydrogens (tertiary/aromatic N) is 3. The van der Waals surface area contributed by atoms with Gasteiger partial charge in [-0.15, -0.1) is 11.3 Å². The highest BCUT2D eigenvalue weighted by molar-refractivity contribution is 7.25. The molecule has 0 amide bonds. The van der Waals surface area contributed by atoms with Crippen LogP contribution in [0.1, 0.15) is 0 Å². The van der Waals surface area contributed by atoms with E-state index in [1.54, 1.807) is 0 Å². The largest absolute Gasteiger partial charge is 0.452 e. The maximum Gasteiger partial charge on any atom is 0.236 e. The summed E-state index contributed by atoms with van der Waals surface area (Å²) >= 11 is 1.83. The van der Waals surface area contributed by atoms with Crippen molar-refractivity contribution in [3.63, 3.8) is 0 Å². The van der Waals surface area contributed by atoms with Gasteiger partial charge in [-0.2, -0.15) is 0 Å². The zero-order valence-corrected chi connectivity index (χ0v) is 23.6. The summed E-state index contributed by atoms with van der Waals surface area (Å²) in [7, 11) is 0. The molecule has 0 aliphatic rings. The van der Waals surface area contributed by atoms with Crippen LogP contribution >= 0.6 is 11.3 Å². The Labute approximate surface area is 249 Å². The maximum absolute atomic E-state index is 6.46. The lowest BCUT2D eigenvalue weighted by Gasteiger charge is -2.10. The van der Waals surface area contributed by atoms with Gasteiger partial charge in [0, 0.05) is 41.9 Å². The Morgan fingerprint density at radius 1 is 0.535 bits per heavy atom. The molecule has 5 heteroatoms. The summed E-state index contributed by atoms with van der Waals surface area (Å²) in [6.07, 6.45) is 0. The normalized spacial score (nSPS) is 12.2. The van der Waals surface area contributed by atoms with Gasteiger partial charge in [0.25, 0.3) is 0 Å². The Kier molecular flexibility index (Phi) is 4.57. The van der Waals surface area contributed by atoms with Crippen LogP contribution in [0.4, 0.5) is 0 Å². The molecule has 43 heavy (non-hydrogen) atoms. The molecular formula is C38H21N3OS. The molecule has 4 nitrogen and oxygen atoms in total. The van der Waals surface area contributed by atoms with Crippen LogP contribution in [0.3, 0.4) is 0 Å². The molecule has 0 N–H and O–H groups in total. The molecule has 0 radical (unpaired) electrons. The lowest BCUT2D eigenvalue weighted by atomic mass is 10.0. The summed E-state index contributed by atoms with van der Waals surface area (Å²) in [5.41, 5.74) is 6.29. The highest BCUT2D eigenvalue weighted by Crippen LogP contribution is 2.41. The third kappa shape index (κ3) is 3.25. The monoisotopic (exact) mass is 567 g/mol. The van der Waals surface area contributed by atoms with Gasteiger partial charge in [-0.05, 0) is 53.2 Å². The topological polar surface area (TPSA) is 43.9 Å². The van der Waals surface area contributed by atoms with Crippen LogP contribution in [0.25, 0.3) is 92.0 Å². The molecule has 0 fully saturated rings. The van der Waals surface area contributed by atoms with E-state index in [2.05, 4.69) is 114 Å². The number of para-hydroxylation sites is 2. The molecule has 10 aromatic rings. The van der Waals surface area contributed by atoms with Crippen LogP contribution in [0.2, 0.25) is 0 Å². The van der Waals surface area contributed by atoms with Crippen LogP contribution < -0.4 is 0 Å². The van der Waals surface area contributed by atoms with E-state index in [1.165, 1.54) is 36.3 Å². The summed E-state index contributed by atoms with van der Waals surface area (Å²) in [4.78, 5) is 10.5. The Hall–Kier alpha value is -5.52. The van der Waals surface area contributed by atoms with Crippen molar-refractivity contribution in [2.24, 2.45) is 0 Å². The average molecular weight is 568 g/mol. The summed E-state index contributed by atoms with van der Waals surface area (Å²) in [6, 6.07) is 44.9. The fraction of sp³-hybridized carbons (Fsp3) is 0. The number of aromatic nitrogens is 3. The van der Waals surface area contributed by atoms with E-state index >= 15 is 0 Å². The first kappa shape index (κ1) is 23.1. The van der Waals surface area contributed by atoms with E-state index in [0.29, 0.717) is 11.5 Å². The second kappa shape index (κ2) is 8.51. The van der Waals surface area contributed by atoms with Gasteiger partial charge in [0.2, 0.25) is 5.95 Å². The van der Waals surface area contributed by atoms with E-state index in [-0.39, 0.29) is 0 Å². The minimum absolute atomic E-state index is 0.633. The van der Waals surface area contributed by atoms with Crippen LogP contribution in [0, 0.1) is 0 Å². The van der Waals surface area contributed by atoms with Crippen molar-refractivity contribution in [3.05, 3.63) is 127 Å². The number of furan rings is 1. The highest BCUT2D eigenvalue weighted by atomic mass is 32.1. The molecule has 0 atom stereocenters. The van der Waals surface area contributed by atoms with Gasteiger partial charge < -0.3 is 4.42 Å². The van der Waals surface area contributed by atoms with Gasteiger partial charge in [-0.25, -0.2) is 9.97 Å². The van der Waals surface area contributed by atoms with Crippen LogP contribution in [-0.4, -0.2) is 14.5 Å². The van der Waals surface area contributed by atoms with E-state index in [1.807, 2.05) is 29.5 Å². The van der Waals surface area contributed by atoms with Crippen molar-refractivity contribution in [2.75, 3.05) is 0 Å². The first-order valence-electron chi connectivity index (χ1n) is 14.3. The van der Waals surface area contributed by atoms with Crippen molar-refractivity contribution in [1.29, 1.82) is 0 Å². The third-order valence-electron chi connectivity index (χ3n) is 8.60. The van der Waals surface area contributed by atoms with Crippen LogP contribution in [-0.2, 0) is 0 Å². The Morgan fingerprint density at radius 3 is 2.23 bits per heavy atom. The quantitative estimate of drug-likeness (QED) is 0.209. The zero-order valence-electron chi connectivity index (χ0n) is 22.8. The zero-order chi connectivity index (χ0) is 28.1. The molecular weight excluding hydrogens is 547 g/mol. The minimum Gasteiger partial charge on any atom is -0.452 e. The summed E-state index contributed by atoms with van der Waals surface area (Å²) < 4.78 is 11.2. The predicted molar refractivity (Wildman–Crippen MR) is 179 cm³/mol. The number of benzene rings is 6. The number of fused-ring (bicyclic) bond motifs is 10. The van der Waals surface area contributed by atoms with Gasteiger partial charge in [0.1, 0.15) is 16.8 Å². The lowest BCUT2D eigenvalue weighted by molar-refractivity contribution is 0.666. The Morgan fingerprint density at radius 2 is 1.30 bits per heavy atom. The molecule has 200 valence electrons. The molecule has 0 bridgehead atoms. The second-order valence-electron chi connectivity index (χ2n) is 11.0. The first-order chi connectivity index (χ1) is 21.3. The van der Waals surface area contributed by atoms with Crippen molar-refractivity contribution in [2.45, 2.75) is 0 Å². The number of hydrogen-bond acceptors (Lipinski definition) is 4. The van der Waals surface area contributed by atoms with Gasteiger partial charge in [0.15, 0.2) is 5.58 Å². The van der Waals surface area contributed by atoms with Gasteiger partial charge in [0.05, 0.1) is 11.0 Å². The molecule has 4 heterocycles. The smallest absolute Gasteiger partial charge is 0.236 e. The molecule has 0 aliphatic carbocycles. The predicted octanol–water partition coefficient (Wildman–Crippen LogP) is 10.7. The SMILES string of the molecule is c1ccc2cc(-c3nc(-n4c5ccccc5c5cc6c(cc54)sc4ccccc46)nc4c3oc3ccccc34)ccc2c1. The Balaban J connectivity index is 1.34. The first-order valence-corrected chi connectivity index (χ1v) is 15.2. The maximum atomic E-state index is 6.46. The molecule has 0 unspecified atom stereocenters. The van der Waals surface area contributed by atoms with E-state index < -0.39 is 0 Å².